The molecule has 0 aliphatic carbocycles. The second-order valence-electron chi connectivity index (χ2n) is 1.13. The molecule has 0 atom stereocenters. The predicted molar refractivity (Wildman–Crippen MR) is 34.7 cm³/mol. The smallest absolute Gasteiger partial charge is 0 e. The van der Waals surface area contributed by atoms with Crippen molar-refractivity contribution < 1.29 is 425 Å². The van der Waals surface area contributed by atoms with E-state index in [4.69, 9.17) is 0 Å². The molecule has 0 aromatic carbocycles. The Morgan fingerprint density at radius 2 is 0.800 bits per heavy atom. The van der Waals surface area contributed by atoms with E-state index in [9.17, 15) is 0 Å². The minimum absolute atomic E-state index is 0. The number of allylic oxidation sites excluding steroid dienone is 2. The molecule has 0 spiro atoms. The van der Waals surface area contributed by atoms with Crippen LogP contribution in [0.5, 0.6) is 0 Å². The molecule has 0 unspecified atom stereocenters. The summed E-state index contributed by atoms with van der Waals surface area (Å²) < 4.78 is 0. The molecule has 0 saturated heterocycles. The van der Waals surface area contributed by atoms with Gasteiger partial charge in [0.2, 0.25) is 0 Å². The molecule has 81 valence electrons. The molecule has 0 N–H and O–H groups in total. The second-order valence-corrected chi connectivity index (χ2v) is 1.13. The van der Waals surface area contributed by atoms with E-state index in [1.54, 1.807) is 0 Å². The average molecular weight is 1250 g/mol. The van der Waals surface area contributed by atoms with Crippen molar-refractivity contribution in [2.24, 2.45) is 0 Å². The summed E-state index contributed by atoms with van der Waals surface area (Å²) in [6, 6.07) is 0. The zero-order valence-corrected chi connectivity index (χ0v) is 49.5. The number of rotatable bonds is 2. The molecule has 0 amide bonds. The molecule has 0 rings (SSSR count). The van der Waals surface area contributed by atoms with Crippen LogP contribution < -0.4 is 0 Å². The van der Waals surface area contributed by atoms with Gasteiger partial charge in [0.05, 0.1) is 0 Å². The molecule has 0 aliphatic rings. The van der Waals surface area contributed by atoms with Gasteiger partial charge < -0.3 is 7.43 Å². The fourth-order valence-corrected chi connectivity index (χ4v) is 0.125. The van der Waals surface area contributed by atoms with Crippen molar-refractivity contribution in [1.82, 2.24) is 0 Å². The first-order valence-corrected chi connectivity index (χ1v) is 2.02. The van der Waals surface area contributed by atoms with E-state index in [1.165, 1.54) is 0 Å². The summed E-state index contributed by atoms with van der Waals surface area (Å²) in [6.45, 7) is 9.05. The Hall–Kier alpha value is 13.8. The van der Waals surface area contributed by atoms with Crippen LogP contribution in [-0.2, 0) is 425 Å². The molecule has 20 heavy (non-hydrogen) atoms. The molecule has 0 saturated carbocycles. The van der Waals surface area contributed by atoms with E-state index in [-0.39, 0.29) is 433 Å². The molecule has 0 nitrogen and oxygen atoms in total. The molecule has 13 radical (unpaired) electrons. The molecule has 0 bridgehead atoms. The Balaban J connectivity index is -0.00000000137. The zero-order chi connectivity index (χ0) is 4.99. The molecule has 0 aliphatic heterocycles. The molecule has 0 heterocycles. The third-order valence-corrected chi connectivity index (χ3v) is 0.677. The van der Waals surface area contributed by atoms with Crippen molar-refractivity contribution in [2.75, 3.05) is 0 Å². The van der Waals surface area contributed by atoms with Crippen LogP contribution in [0.25, 0.3) is 0 Å². The van der Waals surface area contributed by atoms with Gasteiger partial charge in [0.25, 0.3) is 0 Å². The third-order valence-electron chi connectivity index (χ3n) is 0.677. The maximum Gasteiger partial charge on any atom is 0 e. The topological polar surface area (TPSA) is 0 Å². The Morgan fingerprint density at radius 1 is 0.650 bits per heavy atom. The van der Waals surface area contributed by atoms with Crippen molar-refractivity contribution in [3.8, 4) is 0 Å². The summed E-state index contributed by atoms with van der Waals surface area (Å²) in [7, 11) is 0. The fraction of sp³-hybridized carbons (Fsp3) is 0.286. The van der Waals surface area contributed by atoms with Gasteiger partial charge in [0.15, 0.2) is 0 Å². The molecule has 13 heteroatoms. The Kier molecular flexibility index (Phi) is 482. The fourth-order valence-electron chi connectivity index (χ4n) is 0.125. The summed E-state index contributed by atoms with van der Waals surface area (Å²) in [5.74, 6) is 0. The normalized spacial score (nSPS) is 2.25. The van der Waals surface area contributed by atoms with E-state index in [1.807, 2.05) is 6.92 Å². The van der Waals surface area contributed by atoms with E-state index >= 15 is 0 Å². The summed E-state index contributed by atoms with van der Waals surface area (Å²) in [6.07, 6.45) is 3.63. The van der Waals surface area contributed by atoms with Crippen molar-refractivity contribution in [3.63, 3.8) is 0 Å². The molecule has 0 aromatic heterocycles. The first kappa shape index (κ1) is 103. The van der Waals surface area contributed by atoms with Gasteiger partial charge in [-0.2, -0.15) is 6.58 Å². The number of hydrogen-bond donors (Lipinski definition) is 0. The van der Waals surface area contributed by atoms with Crippen LogP contribution in [0.15, 0.2) is 18.7 Å². The minimum Gasteiger partial charge on any atom is -0.358 e. The van der Waals surface area contributed by atoms with E-state index in [0.717, 1.165) is 12.0 Å². The Labute approximate surface area is 455 Å². The summed E-state index contributed by atoms with van der Waals surface area (Å²) in [5, 5.41) is 0. The zero-order valence-electron chi connectivity index (χ0n) is 12.6. The Morgan fingerprint density at radius 3 is 0.800 bits per heavy atom. The van der Waals surface area contributed by atoms with Gasteiger partial charge >= 0.3 is 0 Å². The van der Waals surface area contributed by atoms with Crippen LogP contribution in [0, 0.1) is 13.5 Å². The SMILES string of the molecule is C=[C-]C(=C)CC.[CH3-].[Y].[Y].[Y].[Y].[Y].[Y].[Y].[Y].[Y].[Y].[Y].[Y].[Y]. The molecule has 0 aromatic rings. The van der Waals surface area contributed by atoms with Gasteiger partial charge in [-0.1, -0.05) is 13.3 Å². The van der Waals surface area contributed by atoms with Crippen LogP contribution in [0.1, 0.15) is 13.3 Å². The van der Waals surface area contributed by atoms with Gasteiger partial charge in [-0.05, 0) is 0 Å². The van der Waals surface area contributed by atoms with Crippen LogP contribution in [0.4, 0.5) is 0 Å². The van der Waals surface area contributed by atoms with Gasteiger partial charge in [-0.3, -0.25) is 6.08 Å². The van der Waals surface area contributed by atoms with Gasteiger partial charge in [0, 0.05) is 425 Å². The van der Waals surface area contributed by atoms with Crippen LogP contribution in [0.2, 0.25) is 0 Å². The van der Waals surface area contributed by atoms with E-state index in [0.29, 0.717) is 0 Å². The van der Waals surface area contributed by atoms with E-state index < -0.39 is 0 Å². The summed E-state index contributed by atoms with van der Waals surface area (Å²) in [4.78, 5) is 0. The van der Waals surface area contributed by atoms with Gasteiger partial charge in [-0.15, -0.1) is 0 Å². The predicted octanol–water partition coefficient (Wildman–Crippen LogP) is 2.36. The summed E-state index contributed by atoms with van der Waals surface area (Å²) >= 11 is 0. The minimum atomic E-state index is 0. The maximum absolute atomic E-state index is 3.62. The number of hydrogen-bond acceptors (Lipinski definition) is 0. The maximum atomic E-state index is 3.62. The average Bonchev–Trinajstić information content (AvgIpc) is 1.65. The quantitative estimate of drug-likeness (QED) is 0.295. The third kappa shape index (κ3) is 95.2. The van der Waals surface area contributed by atoms with Crippen molar-refractivity contribution in [1.29, 1.82) is 0 Å². The monoisotopic (exact) mass is 1250 g/mol. The van der Waals surface area contributed by atoms with Gasteiger partial charge in [0.1, 0.15) is 0 Å². The van der Waals surface area contributed by atoms with Crippen LogP contribution in [0.3, 0.4) is 0 Å². The van der Waals surface area contributed by atoms with Crippen molar-refractivity contribution in [3.05, 3.63) is 32.2 Å². The van der Waals surface area contributed by atoms with Crippen molar-refractivity contribution in [2.45, 2.75) is 13.3 Å². The first-order chi connectivity index (χ1) is 2.81. The van der Waals surface area contributed by atoms with E-state index in [2.05, 4.69) is 19.2 Å². The largest absolute Gasteiger partial charge is 0.358 e. The summed E-state index contributed by atoms with van der Waals surface area (Å²) in [5.41, 5.74) is 0.981. The van der Waals surface area contributed by atoms with Crippen LogP contribution in [-0.4, -0.2) is 0 Å². The molecular weight excluding hydrogens is 1240 g/mol. The molecule has 0 fully saturated rings. The van der Waals surface area contributed by atoms with Crippen LogP contribution >= 0.6 is 0 Å². The second kappa shape index (κ2) is 93.8. The van der Waals surface area contributed by atoms with Crippen molar-refractivity contribution >= 4 is 0 Å². The standard InChI is InChI=1S/C6H9.CH3.13Y/c1-4-6(3)5-2;;;;;;;;;;;;;;/h1,3,5H2,2H3;1H3;;;;;;;;;;;;;/q2*-1;;;;;;;;;;;;;. The Bertz CT molecular complexity index is 79.1. The molecular formula is C7H12Y13-2. The van der Waals surface area contributed by atoms with Gasteiger partial charge in [-0.25, -0.2) is 12.2 Å². The first-order valence-electron chi connectivity index (χ1n) is 2.02.